The molecule has 0 aliphatic heterocycles. The van der Waals surface area contributed by atoms with Crippen LogP contribution >= 0.6 is 0 Å². The quantitative estimate of drug-likeness (QED) is 0.757. The number of phenolic OH excluding ortho intramolecular Hbond substituents is 1. The fourth-order valence-corrected chi connectivity index (χ4v) is 4.53. The van der Waals surface area contributed by atoms with E-state index in [2.05, 4.69) is 13.0 Å². The van der Waals surface area contributed by atoms with Crippen LogP contribution < -0.4 is 0 Å². The maximum absolute atomic E-state index is 11.6. The van der Waals surface area contributed by atoms with E-state index in [0.717, 1.165) is 12.8 Å². The lowest BCUT2D eigenvalue weighted by molar-refractivity contribution is -0.116. The number of rotatable bonds is 0. The first-order valence-corrected chi connectivity index (χ1v) is 6.70. The van der Waals surface area contributed by atoms with E-state index in [0.29, 0.717) is 29.8 Å². The third-order valence-corrected chi connectivity index (χ3v) is 5.39. The van der Waals surface area contributed by atoms with Crippen molar-refractivity contribution in [2.24, 2.45) is 11.8 Å². The molecule has 0 heterocycles. The second-order valence-corrected chi connectivity index (χ2v) is 5.98. The predicted octanol–water partition coefficient (Wildman–Crippen LogP) is 2.74. The van der Waals surface area contributed by atoms with Gasteiger partial charge in [-0.3, -0.25) is 4.79 Å². The molecule has 3 atom stereocenters. The molecule has 2 heteroatoms. The molecule has 0 aromatic heterocycles. The van der Waals surface area contributed by atoms with Crippen molar-refractivity contribution < 1.29 is 9.90 Å². The van der Waals surface area contributed by atoms with Crippen LogP contribution in [0.1, 0.15) is 30.9 Å². The van der Waals surface area contributed by atoms with Gasteiger partial charge in [0.25, 0.3) is 0 Å². The Labute approximate surface area is 106 Å². The molecule has 0 amide bonds. The fourth-order valence-electron chi connectivity index (χ4n) is 4.53. The fraction of sp³-hybridized carbons (Fsp3) is 0.438. The maximum atomic E-state index is 11.6. The van der Waals surface area contributed by atoms with Gasteiger partial charge in [0.1, 0.15) is 5.75 Å². The Morgan fingerprint density at radius 3 is 3.06 bits per heavy atom. The zero-order valence-electron chi connectivity index (χ0n) is 10.4. The summed E-state index contributed by atoms with van der Waals surface area (Å²) >= 11 is 0. The first-order valence-electron chi connectivity index (χ1n) is 6.70. The van der Waals surface area contributed by atoms with Gasteiger partial charge < -0.3 is 5.11 Å². The number of aromatic hydroxyl groups is 1. The van der Waals surface area contributed by atoms with Crippen molar-refractivity contribution in [3.8, 4) is 5.75 Å². The van der Waals surface area contributed by atoms with Gasteiger partial charge in [-0.2, -0.15) is 0 Å². The van der Waals surface area contributed by atoms with E-state index in [1.165, 1.54) is 16.7 Å². The van der Waals surface area contributed by atoms with Crippen molar-refractivity contribution >= 4 is 5.78 Å². The van der Waals surface area contributed by atoms with Crippen molar-refractivity contribution in [3.63, 3.8) is 0 Å². The SMILES string of the molecule is CC1C2Cc3cc(O)ccc3[C@@]13CCC(=O)C=C23. The summed E-state index contributed by atoms with van der Waals surface area (Å²) in [5.41, 5.74) is 4.11. The summed E-state index contributed by atoms with van der Waals surface area (Å²) in [5, 5.41) is 9.62. The van der Waals surface area contributed by atoms with Crippen molar-refractivity contribution in [3.05, 3.63) is 41.0 Å². The predicted molar refractivity (Wildman–Crippen MR) is 68.5 cm³/mol. The minimum absolute atomic E-state index is 0.111. The van der Waals surface area contributed by atoms with Crippen molar-refractivity contribution in [1.29, 1.82) is 0 Å². The minimum atomic E-state index is 0.111. The van der Waals surface area contributed by atoms with E-state index in [1.807, 2.05) is 12.1 Å². The smallest absolute Gasteiger partial charge is 0.155 e. The second-order valence-electron chi connectivity index (χ2n) is 5.98. The third kappa shape index (κ3) is 0.984. The number of allylic oxidation sites excluding steroid dienone is 2. The van der Waals surface area contributed by atoms with Gasteiger partial charge >= 0.3 is 0 Å². The largest absolute Gasteiger partial charge is 0.508 e. The average Bonchev–Trinajstić information content (AvgIpc) is 2.37. The first-order chi connectivity index (χ1) is 8.63. The van der Waals surface area contributed by atoms with Gasteiger partial charge in [-0.15, -0.1) is 0 Å². The molecule has 0 radical (unpaired) electrons. The summed E-state index contributed by atoms with van der Waals surface area (Å²) in [5.74, 6) is 1.80. The molecule has 3 aliphatic carbocycles. The summed E-state index contributed by atoms with van der Waals surface area (Å²) in [6.07, 6.45) is 4.50. The van der Waals surface area contributed by atoms with Gasteiger partial charge in [0.2, 0.25) is 0 Å². The molecule has 1 saturated carbocycles. The third-order valence-electron chi connectivity index (χ3n) is 5.39. The average molecular weight is 240 g/mol. The number of hydrogen-bond donors (Lipinski definition) is 1. The number of ketones is 1. The molecule has 92 valence electrons. The van der Waals surface area contributed by atoms with Crippen LogP contribution in [-0.4, -0.2) is 10.9 Å². The maximum Gasteiger partial charge on any atom is 0.155 e. The summed E-state index contributed by atoms with van der Waals surface area (Å²) in [7, 11) is 0. The number of carbonyl (C=O) groups is 1. The highest BCUT2D eigenvalue weighted by molar-refractivity contribution is 5.93. The standard InChI is InChI=1S/C16H16O2/c1-9-13-7-10-6-11(17)2-3-14(10)16(9)5-4-12(18)8-15(13)16/h2-3,6,8-9,13,17H,4-5,7H2,1H3/t9?,13?,16-/m1/s1. The van der Waals surface area contributed by atoms with Crippen molar-refractivity contribution in [1.82, 2.24) is 0 Å². The molecular weight excluding hydrogens is 224 g/mol. The molecule has 1 spiro atoms. The van der Waals surface area contributed by atoms with Crippen LogP contribution in [-0.2, 0) is 16.6 Å². The summed E-state index contributed by atoms with van der Waals surface area (Å²) in [6, 6.07) is 5.76. The summed E-state index contributed by atoms with van der Waals surface area (Å²) in [6.45, 7) is 2.31. The van der Waals surface area contributed by atoms with E-state index in [-0.39, 0.29) is 5.41 Å². The van der Waals surface area contributed by atoms with Gasteiger partial charge in [-0.1, -0.05) is 18.6 Å². The molecule has 1 fully saturated rings. The van der Waals surface area contributed by atoms with Gasteiger partial charge in [0, 0.05) is 11.8 Å². The van der Waals surface area contributed by atoms with Gasteiger partial charge in [-0.25, -0.2) is 0 Å². The summed E-state index contributed by atoms with van der Waals surface area (Å²) < 4.78 is 0. The molecule has 2 nitrogen and oxygen atoms in total. The molecule has 3 aliphatic rings. The van der Waals surface area contributed by atoms with E-state index < -0.39 is 0 Å². The Balaban J connectivity index is 1.96. The molecule has 1 aromatic carbocycles. The normalized spacial score (nSPS) is 36.3. The van der Waals surface area contributed by atoms with Gasteiger partial charge in [0.15, 0.2) is 5.78 Å². The minimum Gasteiger partial charge on any atom is -0.508 e. The Morgan fingerprint density at radius 1 is 1.39 bits per heavy atom. The van der Waals surface area contributed by atoms with E-state index >= 15 is 0 Å². The van der Waals surface area contributed by atoms with Crippen LogP contribution in [0.4, 0.5) is 0 Å². The summed E-state index contributed by atoms with van der Waals surface area (Å²) in [4.78, 5) is 11.6. The molecule has 2 bridgehead atoms. The van der Waals surface area contributed by atoms with Gasteiger partial charge in [-0.05, 0) is 54.0 Å². The number of benzene rings is 1. The number of fused-ring (bicyclic) bond motifs is 3. The van der Waals surface area contributed by atoms with Gasteiger partial charge in [0.05, 0.1) is 0 Å². The number of hydrogen-bond acceptors (Lipinski definition) is 2. The zero-order chi connectivity index (χ0) is 12.5. The molecular formula is C16H16O2. The van der Waals surface area contributed by atoms with E-state index in [9.17, 15) is 9.90 Å². The van der Waals surface area contributed by atoms with E-state index in [1.54, 1.807) is 6.07 Å². The Hall–Kier alpha value is -1.57. The van der Waals surface area contributed by atoms with Crippen LogP contribution in [0.15, 0.2) is 29.8 Å². The number of carbonyl (C=O) groups excluding carboxylic acids is 1. The first kappa shape index (κ1) is 10.4. The Bertz CT molecular complexity index is 599. The van der Waals surface area contributed by atoms with E-state index in [4.69, 9.17) is 0 Å². The van der Waals surface area contributed by atoms with Crippen molar-refractivity contribution in [2.45, 2.75) is 31.6 Å². The highest BCUT2D eigenvalue weighted by Crippen LogP contribution is 2.65. The lowest BCUT2D eigenvalue weighted by atomic mass is 9.40. The highest BCUT2D eigenvalue weighted by atomic mass is 16.3. The monoisotopic (exact) mass is 240 g/mol. The Morgan fingerprint density at radius 2 is 2.22 bits per heavy atom. The molecule has 4 rings (SSSR count). The second kappa shape index (κ2) is 3.05. The molecule has 18 heavy (non-hydrogen) atoms. The number of phenols is 1. The molecule has 1 aromatic rings. The molecule has 0 saturated heterocycles. The van der Waals surface area contributed by atoms with Crippen LogP contribution in [0.2, 0.25) is 0 Å². The molecule has 1 N–H and O–H groups in total. The lowest BCUT2D eigenvalue weighted by Crippen LogP contribution is -2.58. The zero-order valence-corrected chi connectivity index (χ0v) is 10.4. The van der Waals surface area contributed by atoms with Crippen molar-refractivity contribution in [2.75, 3.05) is 0 Å². The van der Waals surface area contributed by atoms with Crippen LogP contribution in [0, 0.1) is 11.8 Å². The van der Waals surface area contributed by atoms with Crippen LogP contribution in [0.25, 0.3) is 0 Å². The van der Waals surface area contributed by atoms with Crippen LogP contribution in [0.5, 0.6) is 5.75 Å². The lowest BCUT2D eigenvalue weighted by Gasteiger charge is -2.62. The Kier molecular flexibility index (Phi) is 1.76. The van der Waals surface area contributed by atoms with Crippen LogP contribution in [0.3, 0.4) is 0 Å². The molecule has 2 unspecified atom stereocenters. The topological polar surface area (TPSA) is 37.3 Å². The highest BCUT2D eigenvalue weighted by Gasteiger charge is 2.60.